The van der Waals surface area contributed by atoms with Crippen LogP contribution in [0.3, 0.4) is 0 Å². The molecule has 1 heterocycles. The van der Waals surface area contributed by atoms with Gasteiger partial charge in [-0.2, -0.15) is 0 Å². The molecule has 0 aliphatic carbocycles. The van der Waals surface area contributed by atoms with Crippen LogP contribution in [-0.4, -0.2) is 11.0 Å². The van der Waals surface area contributed by atoms with Crippen LogP contribution in [0.2, 0.25) is 0 Å². The van der Waals surface area contributed by atoms with E-state index in [-0.39, 0.29) is 0 Å². The van der Waals surface area contributed by atoms with Crippen molar-refractivity contribution in [2.75, 3.05) is 0 Å². The van der Waals surface area contributed by atoms with Crippen LogP contribution in [0, 0.1) is 19.8 Å². The average Bonchev–Trinajstić information content (AvgIpc) is 2.44. The minimum absolute atomic E-state index is 0.343. The highest BCUT2D eigenvalue weighted by Crippen LogP contribution is 2.19. The van der Waals surface area contributed by atoms with E-state index in [1.807, 2.05) is 0 Å². The van der Waals surface area contributed by atoms with E-state index in [1.165, 1.54) is 9.88 Å². The van der Waals surface area contributed by atoms with Crippen LogP contribution >= 0.6 is 11.3 Å². The number of rotatable bonds is 5. The second-order valence-corrected chi connectivity index (χ2v) is 5.73. The van der Waals surface area contributed by atoms with Crippen molar-refractivity contribution >= 4 is 11.3 Å². The maximum Gasteiger partial charge on any atom is 0.0946 e. The number of hydrogen-bond donors (Lipinski definition) is 2. The van der Waals surface area contributed by atoms with Crippen LogP contribution in [0.4, 0.5) is 0 Å². The Morgan fingerprint density at radius 1 is 1.40 bits per heavy atom. The summed E-state index contributed by atoms with van der Waals surface area (Å²) < 4.78 is 0. The van der Waals surface area contributed by atoms with E-state index in [0.29, 0.717) is 12.0 Å². The molecule has 15 heavy (non-hydrogen) atoms. The van der Waals surface area contributed by atoms with Gasteiger partial charge in [-0.05, 0) is 26.2 Å². The van der Waals surface area contributed by atoms with E-state index >= 15 is 0 Å². The number of nitrogens with one attached hydrogen (secondary N) is 1. The Hall–Kier alpha value is -0.450. The van der Waals surface area contributed by atoms with Crippen LogP contribution < -0.4 is 11.3 Å². The molecule has 0 aliphatic rings. The Morgan fingerprint density at radius 2 is 2.07 bits per heavy atom. The van der Waals surface area contributed by atoms with Crippen molar-refractivity contribution in [1.29, 1.82) is 0 Å². The molecular weight excluding hydrogens is 206 g/mol. The van der Waals surface area contributed by atoms with E-state index < -0.39 is 0 Å². The summed E-state index contributed by atoms with van der Waals surface area (Å²) in [6.45, 7) is 8.60. The van der Waals surface area contributed by atoms with Gasteiger partial charge in [0, 0.05) is 17.3 Å². The summed E-state index contributed by atoms with van der Waals surface area (Å²) in [5.41, 5.74) is 4.03. The van der Waals surface area contributed by atoms with Gasteiger partial charge < -0.3 is 0 Å². The highest BCUT2D eigenvalue weighted by molar-refractivity contribution is 7.11. The SMILES string of the molecule is Cc1nc(CC(CC(C)C)NN)sc1C. The molecule has 3 N–H and O–H groups in total. The number of aromatic nitrogens is 1. The monoisotopic (exact) mass is 227 g/mol. The lowest BCUT2D eigenvalue weighted by Gasteiger charge is -2.16. The normalized spacial score (nSPS) is 13.5. The third-order valence-corrected chi connectivity index (χ3v) is 3.58. The number of hydrogen-bond acceptors (Lipinski definition) is 4. The Labute approximate surface area is 96.1 Å². The van der Waals surface area contributed by atoms with Gasteiger partial charge in [-0.15, -0.1) is 11.3 Å². The predicted octanol–water partition coefficient (Wildman–Crippen LogP) is 2.18. The standard InChI is InChI=1S/C11H21N3S/c1-7(2)5-10(14-12)6-11-13-8(3)9(4)15-11/h7,10,14H,5-6,12H2,1-4H3. The summed E-state index contributed by atoms with van der Waals surface area (Å²) in [5, 5.41) is 1.19. The smallest absolute Gasteiger partial charge is 0.0946 e. The average molecular weight is 227 g/mol. The van der Waals surface area contributed by atoms with E-state index in [9.17, 15) is 0 Å². The molecule has 0 amide bonds. The summed E-state index contributed by atoms with van der Waals surface area (Å²) in [6, 6.07) is 0.343. The fraction of sp³-hybridized carbons (Fsp3) is 0.727. The minimum Gasteiger partial charge on any atom is -0.271 e. The van der Waals surface area contributed by atoms with Crippen molar-refractivity contribution in [3.8, 4) is 0 Å². The summed E-state index contributed by atoms with van der Waals surface area (Å²) in [6.07, 6.45) is 2.03. The lowest BCUT2D eigenvalue weighted by Crippen LogP contribution is -2.37. The van der Waals surface area contributed by atoms with Gasteiger partial charge >= 0.3 is 0 Å². The Morgan fingerprint density at radius 3 is 2.47 bits per heavy atom. The fourth-order valence-corrected chi connectivity index (χ4v) is 2.63. The van der Waals surface area contributed by atoms with Crippen molar-refractivity contribution in [3.63, 3.8) is 0 Å². The van der Waals surface area contributed by atoms with Gasteiger partial charge in [-0.3, -0.25) is 11.3 Å². The van der Waals surface area contributed by atoms with Gasteiger partial charge in [0.25, 0.3) is 0 Å². The zero-order valence-corrected chi connectivity index (χ0v) is 10.8. The number of hydrazine groups is 1. The lowest BCUT2D eigenvalue weighted by atomic mass is 10.0. The lowest BCUT2D eigenvalue weighted by molar-refractivity contribution is 0.422. The van der Waals surface area contributed by atoms with Gasteiger partial charge in [0.05, 0.1) is 10.7 Å². The molecule has 0 spiro atoms. The Bertz CT molecular complexity index is 287. The molecule has 0 bridgehead atoms. The summed E-state index contributed by atoms with van der Waals surface area (Å²) in [5.74, 6) is 6.20. The van der Waals surface area contributed by atoms with Gasteiger partial charge in [0.15, 0.2) is 0 Å². The molecule has 4 heteroatoms. The molecule has 0 aromatic carbocycles. The number of nitrogens with zero attached hydrogens (tertiary/aromatic N) is 1. The number of thiazole rings is 1. The predicted molar refractivity (Wildman–Crippen MR) is 65.9 cm³/mol. The van der Waals surface area contributed by atoms with Crippen LogP contribution in [0.1, 0.15) is 35.8 Å². The van der Waals surface area contributed by atoms with Gasteiger partial charge in [0.2, 0.25) is 0 Å². The first kappa shape index (κ1) is 12.6. The van der Waals surface area contributed by atoms with Crippen molar-refractivity contribution in [2.45, 2.75) is 46.6 Å². The van der Waals surface area contributed by atoms with Crippen molar-refractivity contribution in [3.05, 3.63) is 15.6 Å². The molecule has 0 saturated heterocycles. The molecule has 3 nitrogen and oxygen atoms in total. The second kappa shape index (κ2) is 5.58. The minimum atomic E-state index is 0.343. The molecule has 0 saturated carbocycles. The molecule has 1 atom stereocenters. The largest absolute Gasteiger partial charge is 0.271 e. The summed E-state index contributed by atoms with van der Waals surface area (Å²) in [4.78, 5) is 5.84. The number of nitrogens with two attached hydrogens (primary N) is 1. The first-order valence-corrected chi connectivity index (χ1v) is 6.23. The summed E-state index contributed by atoms with van der Waals surface area (Å²) >= 11 is 1.78. The highest BCUT2D eigenvalue weighted by atomic mass is 32.1. The third-order valence-electron chi connectivity index (χ3n) is 2.49. The first-order chi connectivity index (χ1) is 7.02. The van der Waals surface area contributed by atoms with Crippen molar-refractivity contribution in [1.82, 2.24) is 10.4 Å². The number of aryl methyl sites for hydroxylation is 2. The zero-order chi connectivity index (χ0) is 11.4. The van der Waals surface area contributed by atoms with Crippen LogP contribution in [0.5, 0.6) is 0 Å². The van der Waals surface area contributed by atoms with Crippen molar-refractivity contribution < 1.29 is 0 Å². The quantitative estimate of drug-likeness (QED) is 0.599. The van der Waals surface area contributed by atoms with Crippen molar-refractivity contribution in [2.24, 2.45) is 11.8 Å². The van der Waals surface area contributed by atoms with Crippen LogP contribution in [-0.2, 0) is 6.42 Å². The van der Waals surface area contributed by atoms with Crippen LogP contribution in [0.15, 0.2) is 0 Å². The molecule has 0 aliphatic heterocycles. The van der Waals surface area contributed by atoms with E-state index in [0.717, 1.165) is 18.5 Å². The molecule has 1 aromatic heterocycles. The Balaban J connectivity index is 2.58. The molecular formula is C11H21N3S. The molecule has 1 unspecified atom stereocenters. The van der Waals surface area contributed by atoms with E-state index in [4.69, 9.17) is 5.84 Å². The van der Waals surface area contributed by atoms with Crippen LogP contribution in [0.25, 0.3) is 0 Å². The topological polar surface area (TPSA) is 50.9 Å². The first-order valence-electron chi connectivity index (χ1n) is 5.42. The maximum absolute atomic E-state index is 5.54. The molecule has 0 radical (unpaired) electrons. The molecule has 1 rings (SSSR count). The molecule has 0 fully saturated rings. The second-order valence-electron chi connectivity index (χ2n) is 4.45. The molecule has 1 aromatic rings. The third kappa shape index (κ3) is 3.89. The van der Waals surface area contributed by atoms with Gasteiger partial charge in [-0.1, -0.05) is 13.8 Å². The van der Waals surface area contributed by atoms with E-state index in [1.54, 1.807) is 11.3 Å². The molecule has 86 valence electrons. The van der Waals surface area contributed by atoms with E-state index in [2.05, 4.69) is 38.1 Å². The van der Waals surface area contributed by atoms with Gasteiger partial charge in [-0.25, -0.2) is 4.98 Å². The maximum atomic E-state index is 5.54. The zero-order valence-electron chi connectivity index (χ0n) is 10.0. The highest BCUT2D eigenvalue weighted by Gasteiger charge is 2.13. The van der Waals surface area contributed by atoms with Gasteiger partial charge in [0.1, 0.15) is 0 Å². The fourth-order valence-electron chi connectivity index (χ4n) is 1.62. The Kier molecular flexibility index (Phi) is 4.70. The summed E-state index contributed by atoms with van der Waals surface area (Å²) in [7, 11) is 0.